The number of rotatable bonds is 5. The monoisotopic (exact) mass is 462 g/mol. The number of hydrogen-bond acceptors (Lipinski definition) is 6. The average Bonchev–Trinajstić information content (AvgIpc) is 3.36. The number of hydrogen-bond donors (Lipinski definition) is 1. The van der Waals surface area contributed by atoms with Gasteiger partial charge in [0.25, 0.3) is 11.7 Å². The molecule has 2 atom stereocenters. The van der Waals surface area contributed by atoms with Gasteiger partial charge in [0.1, 0.15) is 5.76 Å². The van der Waals surface area contributed by atoms with Gasteiger partial charge in [-0.25, -0.2) is 0 Å². The number of aromatic nitrogens is 1. The second kappa shape index (κ2) is 8.86. The molecule has 1 aromatic heterocycles. The number of aliphatic hydroxyl groups excluding tert-OH is 1. The number of ketones is 1. The Bertz CT molecular complexity index is 1030. The van der Waals surface area contributed by atoms with Gasteiger partial charge in [0, 0.05) is 31.1 Å². The molecule has 31 heavy (non-hydrogen) atoms. The number of pyridine rings is 1. The van der Waals surface area contributed by atoms with E-state index >= 15 is 0 Å². The number of Topliss-reactive ketones (excluding diaryl/α,β-unsaturated/α-hetero) is 1. The molecule has 1 amide bonds. The molecule has 0 radical (unpaired) electrons. The van der Waals surface area contributed by atoms with Gasteiger partial charge in [-0.1, -0.05) is 23.2 Å². The van der Waals surface area contributed by atoms with Crippen molar-refractivity contribution in [1.29, 1.82) is 0 Å². The molecule has 2 aromatic rings. The first kappa shape index (κ1) is 21.6. The van der Waals surface area contributed by atoms with Crippen molar-refractivity contribution >= 4 is 40.7 Å². The number of carbonyl (C=O) groups is 2. The molecule has 0 bridgehead atoms. The normalized spacial score (nSPS) is 22.9. The molecule has 7 nitrogen and oxygen atoms in total. The minimum Gasteiger partial charge on any atom is -0.507 e. The highest BCUT2D eigenvalue weighted by Gasteiger charge is 2.47. The molecule has 3 heterocycles. The number of benzene rings is 1. The molecule has 2 fully saturated rings. The zero-order chi connectivity index (χ0) is 22.1. The zero-order valence-electron chi connectivity index (χ0n) is 16.7. The van der Waals surface area contributed by atoms with Crippen LogP contribution in [0.25, 0.3) is 5.76 Å². The van der Waals surface area contributed by atoms with Crippen LogP contribution in [0.15, 0.2) is 42.2 Å². The summed E-state index contributed by atoms with van der Waals surface area (Å²) in [6, 6.07) is 5.52. The van der Waals surface area contributed by atoms with Crippen molar-refractivity contribution < 1.29 is 24.2 Å². The standard InChI is InChI=1S/C22H20Cl2N2O5/c1-30-21-15(23)9-13(10-16(21)24)19(27)17-18(12-4-6-25-7-5-12)26(22(29)20(17)28)11-14-3-2-8-31-14/h4-7,9-10,14,18,27H,2-3,8,11H2,1H3/b19-17+. The Labute approximate surface area is 189 Å². The van der Waals surface area contributed by atoms with Crippen molar-refractivity contribution in [3.05, 3.63) is 63.4 Å². The van der Waals surface area contributed by atoms with Crippen molar-refractivity contribution in [2.24, 2.45) is 0 Å². The lowest BCUT2D eigenvalue weighted by molar-refractivity contribution is -0.140. The Hall–Kier alpha value is -2.61. The SMILES string of the molecule is COc1c(Cl)cc(/C(O)=C2\C(=O)C(=O)N(CC3CCCO3)C2c2ccncc2)cc1Cl. The molecular weight excluding hydrogens is 443 g/mol. The Morgan fingerprint density at radius 3 is 2.52 bits per heavy atom. The van der Waals surface area contributed by atoms with E-state index in [0.29, 0.717) is 12.2 Å². The van der Waals surface area contributed by atoms with E-state index in [9.17, 15) is 14.7 Å². The van der Waals surface area contributed by atoms with Crippen LogP contribution in [0.3, 0.4) is 0 Å². The maximum Gasteiger partial charge on any atom is 0.295 e. The summed E-state index contributed by atoms with van der Waals surface area (Å²) >= 11 is 12.4. The number of ether oxygens (including phenoxy) is 2. The fourth-order valence-electron chi connectivity index (χ4n) is 4.02. The molecule has 2 unspecified atom stereocenters. The Balaban J connectivity index is 1.84. The van der Waals surface area contributed by atoms with Crippen LogP contribution in [-0.4, -0.2) is 53.0 Å². The lowest BCUT2D eigenvalue weighted by Crippen LogP contribution is -2.36. The van der Waals surface area contributed by atoms with Crippen LogP contribution in [0.1, 0.15) is 30.0 Å². The summed E-state index contributed by atoms with van der Waals surface area (Å²) in [5.74, 6) is -1.57. The van der Waals surface area contributed by atoms with Crippen LogP contribution in [0.4, 0.5) is 0 Å². The molecule has 4 rings (SSSR count). The molecule has 0 saturated carbocycles. The van der Waals surface area contributed by atoms with Gasteiger partial charge in [0.2, 0.25) is 0 Å². The van der Waals surface area contributed by atoms with Crippen LogP contribution in [0.5, 0.6) is 5.75 Å². The summed E-state index contributed by atoms with van der Waals surface area (Å²) in [6.07, 6.45) is 4.69. The van der Waals surface area contributed by atoms with Gasteiger partial charge in [-0.2, -0.15) is 0 Å². The van der Waals surface area contributed by atoms with E-state index in [2.05, 4.69) is 4.98 Å². The second-order valence-corrected chi connectivity index (χ2v) is 8.15. The average molecular weight is 463 g/mol. The predicted molar refractivity (Wildman–Crippen MR) is 115 cm³/mol. The van der Waals surface area contributed by atoms with E-state index in [4.69, 9.17) is 32.7 Å². The van der Waals surface area contributed by atoms with Gasteiger partial charge in [-0.15, -0.1) is 0 Å². The van der Waals surface area contributed by atoms with Crippen molar-refractivity contribution in [1.82, 2.24) is 9.88 Å². The quantitative estimate of drug-likeness (QED) is 0.410. The van der Waals surface area contributed by atoms with E-state index in [1.54, 1.807) is 24.5 Å². The number of likely N-dealkylation sites (tertiary alicyclic amines) is 1. The fraction of sp³-hybridized carbons (Fsp3) is 0.318. The first-order chi connectivity index (χ1) is 14.9. The summed E-state index contributed by atoms with van der Waals surface area (Å²) < 4.78 is 10.8. The van der Waals surface area contributed by atoms with E-state index in [1.807, 2.05) is 0 Å². The van der Waals surface area contributed by atoms with Crippen LogP contribution >= 0.6 is 23.2 Å². The molecule has 1 aromatic carbocycles. The number of nitrogens with zero attached hydrogens (tertiary/aromatic N) is 2. The van der Waals surface area contributed by atoms with Gasteiger partial charge < -0.3 is 19.5 Å². The van der Waals surface area contributed by atoms with Crippen LogP contribution in [-0.2, 0) is 14.3 Å². The predicted octanol–water partition coefficient (Wildman–Crippen LogP) is 4.00. The summed E-state index contributed by atoms with van der Waals surface area (Å²) in [5, 5.41) is 11.4. The summed E-state index contributed by atoms with van der Waals surface area (Å²) in [5.41, 5.74) is 0.830. The molecule has 2 saturated heterocycles. The lowest BCUT2D eigenvalue weighted by Gasteiger charge is -2.27. The van der Waals surface area contributed by atoms with E-state index in [0.717, 1.165) is 12.8 Å². The Morgan fingerprint density at radius 2 is 1.94 bits per heavy atom. The third-order valence-corrected chi connectivity index (χ3v) is 6.02. The van der Waals surface area contributed by atoms with Crippen LogP contribution in [0.2, 0.25) is 10.0 Å². The Kier molecular flexibility index (Phi) is 6.18. The Morgan fingerprint density at radius 1 is 1.26 bits per heavy atom. The number of amides is 1. The summed E-state index contributed by atoms with van der Waals surface area (Å²) in [6.45, 7) is 0.871. The highest BCUT2D eigenvalue weighted by atomic mass is 35.5. The zero-order valence-corrected chi connectivity index (χ0v) is 18.2. The van der Waals surface area contributed by atoms with Gasteiger partial charge in [0.15, 0.2) is 5.75 Å². The molecule has 2 aliphatic rings. The van der Waals surface area contributed by atoms with Crippen LogP contribution < -0.4 is 4.74 Å². The van der Waals surface area contributed by atoms with Gasteiger partial charge in [-0.3, -0.25) is 14.6 Å². The number of methoxy groups -OCH3 is 1. The van der Waals surface area contributed by atoms with Gasteiger partial charge >= 0.3 is 0 Å². The second-order valence-electron chi connectivity index (χ2n) is 7.34. The summed E-state index contributed by atoms with van der Waals surface area (Å²) in [7, 11) is 1.42. The highest BCUT2D eigenvalue weighted by Crippen LogP contribution is 2.42. The minimum atomic E-state index is -0.785. The van der Waals surface area contributed by atoms with Crippen molar-refractivity contribution in [3.63, 3.8) is 0 Å². The topological polar surface area (TPSA) is 89.0 Å². The van der Waals surface area contributed by atoms with Gasteiger partial charge in [-0.05, 0) is 42.7 Å². The van der Waals surface area contributed by atoms with E-state index in [-0.39, 0.29) is 45.3 Å². The summed E-state index contributed by atoms with van der Waals surface area (Å²) in [4.78, 5) is 31.4. The molecule has 162 valence electrons. The van der Waals surface area contributed by atoms with Crippen molar-refractivity contribution in [3.8, 4) is 5.75 Å². The number of aliphatic hydroxyl groups is 1. The first-order valence-corrected chi connectivity index (χ1v) is 10.5. The molecule has 1 N–H and O–H groups in total. The van der Waals surface area contributed by atoms with E-state index in [1.165, 1.54) is 24.1 Å². The maximum atomic E-state index is 13.0. The minimum absolute atomic E-state index is 0.0357. The van der Waals surface area contributed by atoms with Crippen LogP contribution in [0, 0.1) is 0 Å². The lowest BCUT2D eigenvalue weighted by atomic mass is 9.95. The molecule has 2 aliphatic heterocycles. The van der Waals surface area contributed by atoms with Crippen molar-refractivity contribution in [2.75, 3.05) is 20.3 Å². The number of halogens is 2. The fourth-order valence-corrected chi connectivity index (χ4v) is 4.66. The molecule has 0 aliphatic carbocycles. The third kappa shape index (κ3) is 4.01. The highest BCUT2D eigenvalue weighted by molar-refractivity contribution is 6.46. The smallest absolute Gasteiger partial charge is 0.295 e. The molecule has 9 heteroatoms. The molecular formula is C22H20Cl2N2O5. The van der Waals surface area contributed by atoms with Crippen molar-refractivity contribution in [2.45, 2.75) is 25.0 Å². The number of carbonyl (C=O) groups excluding carboxylic acids is 2. The van der Waals surface area contributed by atoms with E-state index < -0.39 is 17.7 Å². The third-order valence-electron chi connectivity index (χ3n) is 5.46. The maximum absolute atomic E-state index is 13.0. The largest absolute Gasteiger partial charge is 0.507 e. The first-order valence-electron chi connectivity index (χ1n) is 9.75. The van der Waals surface area contributed by atoms with Gasteiger partial charge in [0.05, 0.1) is 34.9 Å². The molecule has 0 spiro atoms.